The Balaban J connectivity index is 1.87. The standard InChI is InChI=1S/C16H21NO2/c1-10-7-14(15-9-19-8-11(2)17-15)16(18)13-6-4-3-5-12(10)13/h3-6,10-11,14-15,17H,7-9H2,1-2H3. The van der Waals surface area contributed by atoms with Crippen LogP contribution in [-0.2, 0) is 4.74 Å². The molecule has 0 saturated carbocycles. The van der Waals surface area contributed by atoms with Gasteiger partial charge in [-0.3, -0.25) is 4.79 Å². The molecule has 0 radical (unpaired) electrons. The number of morpholine rings is 1. The van der Waals surface area contributed by atoms with Gasteiger partial charge in [-0.1, -0.05) is 31.2 Å². The summed E-state index contributed by atoms with van der Waals surface area (Å²) in [6.07, 6.45) is 0.920. The molecule has 1 N–H and O–H groups in total. The maximum Gasteiger partial charge on any atom is 0.167 e. The van der Waals surface area contributed by atoms with Gasteiger partial charge >= 0.3 is 0 Å². The fraction of sp³-hybridized carbons (Fsp3) is 0.562. The highest BCUT2D eigenvalue weighted by Gasteiger charge is 2.38. The molecule has 102 valence electrons. The highest BCUT2D eigenvalue weighted by atomic mass is 16.5. The molecule has 3 rings (SSSR count). The molecular weight excluding hydrogens is 238 g/mol. The Labute approximate surface area is 114 Å². The van der Waals surface area contributed by atoms with Crippen LogP contribution in [0.3, 0.4) is 0 Å². The van der Waals surface area contributed by atoms with E-state index in [0.29, 0.717) is 18.6 Å². The van der Waals surface area contributed by atoms with Gasteiger partial charge < -0.3 is 10.1 Å². The lowest BCUT2D eigenvalue weighted by Crippen LogP contribution is -2.53. The number of hydrogen-bond acceptors (Lipinski definition) is 3. The van der Waals surface area contributed by atoms with Crippen LogP contribution in [0, 0.1) is 5.92 Å². The van der Waals surface area contributed by atoms with E-state index in [1.165, 1.54) is 5.56 Å². The van der Waals surface area contributed by atoms with Crippen LogP contribution in [0.2, 0.25) is 0 Å². The van der Waals surface area contributed by atoms with Gasteiger partial charge in [-0.15, -0.1) is 0 Å². The zero-order chi connectivity index (χ0) is 13.4. The summed E-state index contributed by atoms with van der Waals surface area (Å²) in [5.74, 6) is 0.773. The molecular formula is C16H21NO2. The Kier molecular flexibility index (Phi) is 3.42. The van der Waals surface area contributed by atoms with Crippen molar-refractivity contribution in [2.75, 3.05) is 13.2 Å². The number of ether oxygens (including phenoxy) is 1. The summed E-state index contributed by atoms with van der Waals surface area (Å²) < 4.78 is 5.60. The SMILES string of the molecule is CC1COCC(C2CC(C)c3ccccc3C2=O)N1. The molecule has 0 spiro atoms. The van der Waals surface area contributed by atoms with E-state index in [-0.39, 0.29) is 17.7 Å². The van der Waals surface area contributed by atoms with Crippen molar-refractivity contribution in [1.29, 1.82) is 0 Å². The summed E-state index contributed by atoms with van der Waals surface area (Å²) in [5, 5.41) is 3.52. The van der Waals surface area contributed by atoms with Crippen molar-refractivity contribution in [1.82, 2.24) is 5.32 Å². The van der Waals surface area contributed by atoms with Gasteiger partial charge in [0, 0.05) is 23.6 Å². The van der Waals surface area contributed by atoms with Gasteiger partial charge in [0.1, 0.15) is 0 Å². The predicted molar refractivity (Wildman–Crippen MR) is 74.5 cm³/mol. The lowest BCUT2D eigenvalue weighted by Gasteiger charge is -2.38. The molecule has 1 aliphatic heterocycles. The minimum atomic E-state index is 0.0487. The second kappa shape index (κ2) is 5.06. The third-order valence-electron chi connectivity index (χ3n) is 4.35. The molecule has 0 bridgehead atoms. The van der Waals surface area contributed by atoms with Crippen LogP contribution >= 0.6 is 0 Å². The minimum absolute atomic E-state index is 0.0487. The van der Waals surface area contributed by atoms with Crippen molar-refractivity contribution in [2.24, 2.45) is 5.92 Å². The van der Waals surface area contributed by atoms with Gasteiger partial charge in [0.2, 0.25) is 0 Å². The summed E-state index contributed by atoms with van der Waals surface area (Å²) in [6.45, 7) is 5.71. The van der Waals surface area contributed by atoms with E-state index >= 15 is 0 Å². The van der Waals surface area contributed by atoms with E-state index in [0.717, 1.165) is 18.6 Å². The Morgan fingerprint density at radius 1 is 1.21 bits per heavy atom. The first-order valence-electron chi connectivity index (χ1n) is 7.13. The van der Waals surface area contributed by atoms with Crippen LogP contribution in [-0.4, -0.2) is 31.1 Å². The van der Waals surface area contributed by atoms with Crippen LogP contribution in [0.4, 0.5) is 0 Å². The first kappa shape index (κ1) is 12.8. The Hall–Kier alpha value is -1.19. The molecule has 1 fully saturated rings. The molecule has 4 atom stereocenters. The van der Waals surface area contributed by atoms with E-state index < -0.39 is 0 Å². The summed E-state index contributed by atoms with van der Waals surface area (Å²) >= 11 is 0. The minimum Gasteiger partial charge on any atom is -0.378 e. The topological polar surface area (TPSA) is 38.3 Å². The van der Waals surface area contributed by atoms with Crippen LogP contribution in [0.5, 0.6) is 0 Å². The molecule has 1 aliphatic carbocycles. The second-order valence-electron chi connectivity index (χ2n) is 5.91. The number of Topliss-reactive ketones (excluding diaryl/α,β-unsaturated/α-hetero) is 1. The van der Waals surface area contributed by atoms with Crippen molar-refractivity contribution >= 4 is 5.78 Å². The lowest BCUT2D eigenvalue weighted by molar-refractivity contribution is 0.0275. The maximum absolute atomic E-state index is 12.7. The molecule has 1 heterocycles. The second-order valence-corrected chi connectivity index (χ2v) is 5.91. The van der Waals surface area contributed by atoms with Gasteiger partial charge in [0.25, 0.3) is 0 Å². The van der Waals surface area contributed by atoms with Crippen molar-refractivity contribution in [3.63, 3.8) is 0 Å². The molecule has 3 heteroatoms. The van der Waals surface area contributed by atoms with E-state index in [1.54, 1.807) is 0 Å². The first-order chi connectivity index (χ1) is 9.16. The van der Waals surface area contributed by atoms with E-state index in [1.807, 2.05) is 18.2 Å². The third kappa shape index (κ3) is 2.33. The number of nitrogens with one attached hydrogen (secondary N) is 1. The van der Waals surface area contributed by atoms with Crippen LogP contribution < -0.4 is 5.32 Å². The number of hydrogen-bond donors (Lipinski definition) is 1. The molecule has 3 nitrogen and oxygen atoms in total. The molecule has 0 amide bonds. The lowest BCUT2D eigenvalue weighted by atomic mass is 9.74. The third-order valence-corrected chi connectivity index (χ3v) is 4.35. The van der Waals surface area contributed by atoms with Gasteiger partial charge in [0.05, 0.1) is 13.2 Å². The fourth-order valence-corrected chi connectivity index (χ4v) is 3.38. The molecule has 19 heavy (non-hydrogen) atoms. The van der Waals surface area contributed by atoms with Gasteiger partial charge in [-0.05, 0) is 24.8 Å². The van der Waals surface area contributed by atoms with Gasteiger partial charge in [0.15, 0.2) is 5.78 Å². The van der Waals surface area contributed by atoms with Crippen molar-refractivity contribution in [2.45, 2.75) is 38.3 Å². The highest BCUT2D eigenvalue weighted by molar-refractivity contribution is 6.01. The zero-order valence-corrected chi connectivity index (χ0v) is 11.6. The first-order valence-corrected chi connectivity index (χ1v) is 7.13. The van der Waals surface area contributed by atoms with Crippen molar-refractivity contribution < 1.29 is 9.53 Å². The Morgan fingerprint density at radius 3 is 2.79 bits per heavy atom. The average Bonchev–Trinajstić information content (AvgIpc) is 2.43. The number of rotatable bonds is 1. The molecule has 1 saturated heterocycles. The summed E-state index contributed by atoms with van der Waals surface area (Å²) in [4.78, 5) is 12.7. The van der Waals surface area contributed by atoms with Crippen LogP contribution in [0.15, 0.2) is 24.3 Å². The quantitative estimate of drug-likeness (QED) is 0.841. The number of fused-ring (bicyclic) bond motifs is 1. The molecule has 1 aromatic rings. The van der Waals surface area contributed by atoms with Gasteiger partial charge in [-0.25, -0.2) is 0 Å². The predicted octanol–water partition coefficient (Wildman–Crippen LogP) is 2.37. The van der Waals surface area contributed by atoms with Crippen LogP contribution in [0.1, 0.15) is 42.1 Å². The monoisotopic (exact) mass is 259 g/mol. The number of carbonyl (C=O) groups excluding carboxylic acids is 1. The van der Waals surface area contributed by atoms with Gasteiger partial charge in [-0.2, -0.15) is 0 Å². The molecule has 4 unspecified atom stereocenters. The molecule has 1 aromatic carbocycles. The number of benzene rings is 1. The fourth-order valence-electron chi connectivity index (χ4n) is 3.38. The van der Waals surface area contributed by atoms with Crippen LogP contribution in [0.25, 0.3) is 0 Å². The van der Waals surface area contributed by atoms with E-state index in [4.69, 9.17) is 4.74 Å². The summed E-state index contributed by atoms with van der Waals surface area (Å²) in [6, 6.07) is 8.52. The molecule has 2 aliphatic rings. The highest BCUT2D eigenvalue weighted by Crippen LogP contribution is 2.36. The maximum atomic E-state index is 12.7. The normalized spacial score (nSPS) is 34.9. The zero-order valence-electron chi connectivity index (χ0n) is 11.6. The van der Waals surface area contributed by atoms with Crippen molar-refractivity contribution in [3.05, 3.63) is 35.4 Å². The van der Waals surface area contributed by atoms with E-state index in [2.05, 4.69) is 25.2 Å². The average molecular weight is 259 g/mol. The Bertz CT molecular complexity index is 485. The number of carbonyl (C=O) groups is 1. The molecule has 0 aromatic heterocycles. The Morgan fingerprint density at radius 2 is 2.00 bits per heavy atom. The smallest absolute Gasteiger partial charge is 0.167 e. The largest absolute Gasteiger partial charge is 0.378 e. The van der Waals surface area contributed by atoms with Crippen molar-refractivity contribution in [3.8, 4) is 0 Å². The van der Waals surface area contributed by atoms with E-state index in [9.17, 15) is 4.79 Å². The summed E-state index contributed by atoms with van der Waals surface area (Å²) in [5.41, 5.74) is 2.11. The number of ketones is 1. The summed E-state index contributed by atoms with van der Waals surface area (Å²) in [7, 11) is 0.